The van der Waals surface area contributed by atoms with Crippen molar-refractivity contribution < 1.29 is 14.7 Å². The second kappa shape index (κ2) is 16.8. The summed E-state index contributed by atoms with van der Waals surface area (Å²) in [6, 6.07) is 10.3. The summed E-state index contributed by atoms with van der Waals surface area (Å²) in [5.41, 5.74) is 1.32. The summed E-state index contributed by atoms with van der Waals surface area (Å²) in [4.78, 5) is 18.4. The Balaban J connectivity index is -0.000000172. The van der Waals surface area contributed by atoms with Crippen LogP contribution in [0.2, 0.25) is 0 Å². The maximum absolute atomic E-state index is 9.44. The lowest BCUT2D eigenvalue weighted by molar-refractivity contribution is -0.134. The predicted molar refractivity (Wildman–Crippen MR) is 71.9 cm³/mol. The van der Waals surface area contributed by atoms with Crippen molar-refractivity contribution in [2.75, 3.05) is 0 Å². The first-order valence-electron chi connectivity index (χ1n) is 5.25. The van der Waals surface area contributed by atoms with E-state index >= 15 is 0 Å². The number of carboxylic acid groups (broad SMARTS) is 1. The van der Waals surface area contributed by atoms with Crippen LogP contribution >= 0.6 is 0 Å². The van der Waals surface area contributed by atoms with Crippen molar-refractivity contribution in [3.63, 3.8) is 0 Å². The van der Waals surface area contributed by atoms with Gasteiger partial charge in [0.25, 0.3) is 5.97 Å². The topological polar surface area (TPSA) is 54.4 Å². The molecule has 97 valence electrons. The molecular formula is C14H23O3. The molecule has 1 radical (unpaired) electrons. The Hall–Kier alpha value is -1.64. The number of carbonyl (C=O) groups is 2. The highest BCUT2D eigenvalue weighted by Crippen LogP contribution is 1.92. The lowest BCUT2D eigenvalue weighted by atomic mass is 10.2. The van der Waals surface area contributed by atoms with Gasteiger partial charge < -0.3 is 9.90 Å². The maximum atomic E-state index is 9.44. The maximum Gasteiger partial charge on any atom is 0.300 e. The molecule has 0 aliphatic carbocycles. The summed E-state index contributed by atoms with van der Waals surface area (Å²) < 4.78 is 0. The monoisotopic (exact) mass is 239 g/mol. The van der Waals surface area contributed by atoms with E-state index in [0.717, 1.165) is 6.92 Å². The molecule has 0 aliphatic rings. The van der Waals surface area contributed by atoms with Gasteiger partial charge in [0.15, 0.2) is 0 Å². The minimum Gasteiger partial charge on any atom is -0.481 e. The predicted octanol–water partition coefficient (Wildman–Crippen LogP) is 3.52. The van der Waals surface area contributed by atoms with E-state index in [2.05, 4.69) is 26.0 Å². The van der Waals surface area contributed by atoms with Crippen molar-refractivity contribution in [1.29, 1.82) is 0 Å². The smallest absolute Gasteiger partial charge is 0.300 e. The van der Waals surface area contributed by atoms with Crippen LogP contribution in [0.1, 0.15) is 33.3 Å². The first-order chi connectivity index (χ1) is 7.86. The van der Waals surface area contributed by atoms with Gasteiger partial charge in [0.1, 0.15) is 5.78 Å². The molecule has 0 amide bonds. The molecule has 1 N–H and O–H groups in total. The molecule has 3 heteroatoms. The van der Waals surface area contributed by atoms with Crippen molar-refractivity contribution in [3.05, 3.63) is 42.8 Å². The van der Waals surface area contributed by atoms with E-state index in [1.54, 1.807) is 6.92 Å². The molecule has 0 bridgehead atoms. The normalized spacial score (nSPS) is 6.94. The van der Waals surface area contributed by atoms with E-state index in [1.807, 2.05) is 18.2 Å². The van der Waals surface area contributed by atoms with E-state index < -0.39 is 5.97 Å². The van der Waals surface area contributed by atoms with Gasteiger partial charge in [0, 0.05) is 6.92 Å². The number of hydrogen-bond donors (Lipinski definition) is 1. The molecule has 17 heavy (non-hydrogen) atoms. The fraction of sp³-hybridized carbons (Fsp3) is 0.357. The lowest BCUT2D eigenvalue weighted by Gasteiger charge is -1.82. The van der Waals surface area contributed by atoms with E-state index in [9.17, 15) is 4.79 Å². The second-order valence-electron chi connectivity index (χ2n) is 3.08. The van der Waals surface area contributed by atoms with Gasteiger partial charge in [0.05, 0.1) is 0 Å². The molecule has 0 saturated heterocycles. The number of Topliss-reactive ketones (excluding diaryl/α,β-unsaturated/α-hetero) is 1. The third kappa shape index (κ3) is 54.2. The van der Waals surface area contributed by atoms with Crippen molar-refractivity contribution >= 4 is 11.8 Å². The summed E-state index contributed by atoms with van der Waals surface area (Å²) in [5, 5.41) is 7.42. The van der Waals surface area contributed by atoms with Crippen LogP contribution in [0.3, 0.4) is 0 Å². The molecule has 1 rings (SSSR count). The number of aliphatic carboxylic acids is 1. The summed E-state index contributed by atoms with van der Waals surface area (Å²) in [6.45, 7) is 11.2. The average Bonchev–Trinajstić information content (AvgIpc) is 2.20. The molecule has 0 atom stereocenters. The Morgan fingerprint density at radius 3 is 1.35 bits per heavy atom. The van der Waals surface area contributed by atoms with Gasteiger partial charge in [0.2, 0.25) is 0 Å². The Bertz CT molecular complexity index is 259. The van der Waals surface area contributed by atoms with Crippen molar-refractivity contribution in [1.82, 2.24) is 0 Å². The Labute approximate surface area is 104 Å². The number of rotatable bonds is 0. The van der Waals surface area contributed by atoms with Crippen molar-refractivity contribution in [2.24, 2.45) is 0 Å². The molecule has 0 unspecified atom stereocenters. The number of carboxylic acids is 1. The van der Waals surface area contributed by atoms with Gasteiger partial charge in [-0.3, -0.25) is 4.79 Å². The zero-order valence-electron chi connectivity index (χ0n) is 11.4. The Morgan fingerprint density at radius 2 is 1.24 bits per heavy atom. The van der Waals surface area contributed by atoms with Crippen LogP contribution in [0.5, 0.6) is 0 Å². The van der Waals surface area contributed by atoms with E-state index in [4.69, 9.17) is 9.90 Å². The highest BCUT2D eigenvalue weighted by Gasteiger charge is 1.72. The minimum absolute atomic E-state index is 0.167. The number of aryl methyl sites for hydroxylation is 1. The number of hydrogen-bond acceptors (Lipinski definition) is 2. The lowest BCUT2D eigenvalue weighted by Crippen LogP contribution is -1.78. The molecule has 0 aromatic heterocycles. The molecule has 0 fully saturated rings. The third-order valence-electron chi connectivity index (χ3n) is 0.940. The highest BCUT2D eigenvalue weighted by molar-refractivity contribution is 5.72. The van der Waals surface area contributed by atoms with Gasteiger partial charge in [-0.2, -0.15) is 0 Å². The Morgan fingerprint density at radius 1 is 1.00 bits per heavy atom. The fourth-order valence-corrected chi connectivity index (χ4v) is 0.534. The minimum atomic E-state index is -0.833. The summed E-state index contributed by atoms with van der Waals surface area (Å²) >= 11 is 0. The molecule has 1 aromatic rings. The van der Waals surface area contributed by atoms with Crippen LogP contribution in [0.4, 0.5) is 0 Å². The first kappa shape index (κ1) is 20.7. The zero-order chi connectivity index (χ0) is 14.3. The SMILES string of the molecule is CC(=O)O.CC(C)=O.Cc1ccccc1.[CH2]C. The van der Waals surface area contributed by atoms with Gasteiger partial charge in [-0.05, 0) is 20.8 Å². The second-order valence-corrected chi connectivity index (χ2v) is 3.08. The largest absolute Gasteiger partial charge is 0.481 e. The van der Waals surface area contributed by atoms with Gasteiger partial charge in [-0.15, -0.1) is 0 Å². The molecular weight excluding hydrogens is 216 g/mol. The molecule has 0 heterocycles. The standard InChI is InChI=1S/C7H8.C3H6O.C2H4O2.C2H5/c1-7-5-3-2-4-6-7;1-3(2)4;1-2(3)4;1-2/h2-6H,1H3;1-2H3;1H3,(H,3,4);1H2,2H3. The fourth-order valence-electron chi connectivity index (χ4n) is 0.534. The van der Waals surface area contributed by atoms with Gasteiger partial charge in [-0.1, -0.05) is 49.7 Å². The van der Waals surface area contributed by atoms with Crippen LogP contribution in [0, 0.1) is 13.8 Å². The van der Waals surface area contributed by atoms with Crippen molar-refractivity contribution in [2.45, 2.75) is 34.6 Å². The molecule has 1 aromatic carbocycles. The van der Waals surface area contributed by atoms with Gasteiger partial charge in [-0.25, -0.2) is 0 Å². The summed E-state index contributed by atoms with van der Waals surface area (Å²) in [7, 11) is 0. The van der Waals surface area contributed by atoms with E-state index in [1.165, 1.54) is 19.4 Å². The van der Waals surface area contributed by atoms with E-state index in [0.29, 0.717) is 0 Å². The van der Waals surface area contributed by atoms with Crippen LogP contribution in [0.15, 0.2) is 30.3 Å². The van der Waals surface area contributed by atoms with E-state index in [-0.39, 0.29) is 5.78 Å². The first-order valence-corrected chi connectivity index (χ1v) is 5.25. The highest BCUT2D eigenvalue weighted by atomic mass is 16.4. The third-order valence-corrected chi connectivity index (χ3v) is 0.940. The number of carbonyl (C=O) groups excluding carboxylic acids is 1. The van der Waals surface area contributed by atoms with Crippen molar-refractivity contribution in [3.8, 4) is 0 Å². The Kier molecular flexibility index (Phi) is 20.5. The summed E-state index contributed by atoms with van der Waals surface area (Å²) in [6.07, 6.45) is 0. The van der Waals surface area contributed by atoms with Crippen LogP contribution < -0.4 is 0 Å². The zero-order valence-corrected chi connectivity index (χ0v) is 11.4. The molecule has 0 saturated carbocycles. The number of ketones is 1. The van der Waals surface area contributed by atoms with Crippen LogP contribution in [-0.4, -0.2) is 16.9 Å². The van der Waals surface area contributed by atoms with Crippen LogP contribution in [0.25, 0.3) is 0 Å². The van der Waals surface area contributed by atoms with Crippen LogP contribution in [-0.2, 0) is 9.59 Å². The average molecular weight is 239 g/mol. The molecule has 3 nitrogen and oxygen atoms in total. The summed E-state index contributed by atoms with van der Waals surface area (Å²) in [5.74, 6) is -0.667. The van der Waals surface area contributed by atoms with Gasteiger partial charge >= 0.3 is 0 Å². The molecule has 0 spiro atoms. The molecule has 0 aliphatic heterocycles. The quantitative estimate of drug-likeness (QED) is 0.753. The number of benzene rings is 1.